The van der Waals surface area contributed by atoms with Crippen LogP contribution in [0.2, 0.25) is 0 Å². The van der Waals surface area contributed by atoms with Crippen LogP contribution in [0.1, 0.15) is 35.7 Å². The summed E-state index contributed by atoms with van der Waals surface area (Å²) in [6.07, 6.45) is 3.14. The lowest BCUT2D eigenvalue weighted by atomic mass is 10.1. The quantitative estimate of drug-likeness (QED) is 0.678. The summed E-state index contributed by atoms with van der Waals surface area (Å²) >= 11 is 0. The van der Waals surface area contributed by atoms with Crippen LogP contribution in [0.4, 0.5) is 17.2 Å². The molecule has 1 aromatic heterocycles. The van der Waals surface area contributed by atoms with Crippen LogP contribution in [0.3, 0.4) is 0 Å². The number of benzene rings is 1. The number of aromatic nitrogens is 2. The summed E-state index contributed by atoms with van der Waals surface area (Å²) in [4.78, 5) is 40.8. The molecule has 10 nitrogen and oxygen atoms in total. The Labute approximate surface area is 174 Å². The molecule has 0 saturated heterocycles. The smallest absolute Gasteiger partial charge is 0.330 e. The van der Waals surface area contributed by atoms with Crippen LogP contribution in [0.25, 0.3) is 0 Å². The van der Waals surface area contributed by atoms with Crippen LogP contribution in [0, 0.1) is 0 Å². The van der Waals surface area contributed by atoms with Crippen molar-refractivity contribution in [3.8, 4) is 0 Å². The molecule has 1 aliphatic rings. The first-order valence-corrected chi connectivity index (χ1v) is 11.4. The molecule has 1 aromatic carbocycles. The number of nitrogens with one attached hydrogen (secondary N) is 1. The van der Waals surface area contributed by atoms with Crippen molar-refractivity contribution in [3.63, 3.8) is 0 Å². The Hall–Kier alpha value is -3.08. The van der Waals surface area contributed by atoms with Crippen LogP contribution >= 0.6 is 0 Å². The van der Waals surface area contributed by atoms with Gasteiger partial charge in [-0.3, -0.25) is 23.4 Å². The lowest BCUT2D eigenvalue weighted by Crippen LogP contribution is -2.39. The number of carbonyl (C=O) groups is 1. The summed E-state index contributed by atoms with van der Waals surface area (Å²) in [7, 11) is -1.98. The zero-order valence-electron chi connectivity index (χ0n) is 17.1. The maximum Gasteiger partial charge on any atom is 0.330 e. The van der Waals surface area contributed by atoms with Crippen molar-refractivity contribution < 1.29 is 13.2 Å². The van der Waals surface area contributed by atoms with Crippen molar-refractivity contribution in [2.75, 3.05) is 34.8 Å². The second-order valence-electron chi connectivity index (χ2n) is 7.29. The Morgan fingerprint density at radius 3 is 2.63 bits per heavy atom. The fourth-order valence-corrected chi connectivity index (χ4v) is 4.54. The number of anilines is 3. The highest BCUT2D eigenvalue weighted by Gasteiger charge is 2.28. The van der Waals surface area contributed by atoms with E-state index in [1.807, 2.05) is 6.92 Å². The van der Waals surface area contributed by atoms with Gasteiger partial charge in [0.1, 0.15) is 5.82 Å². The van der Waals surface area contributed by atoms with Crippen molar-refractivity contribution in [1.82, 2.24) is 9.55 Å². The molecule has 0 spiro atoms. The predicted octanol–water partition coefficient (Wildman–Crippen LogP) is 0.518. The topological polar surface area (TPSA) is 139 Å². The Bertz CT molecular complexity index is 1210. The molecule has 0 saturated carbocycles. The van der Waals surface area contributed by atoms with Crippen LogP contribution < -0.4 is 26.2 Å². The Morgan fingerprint density at radius 1 is 1.30 bits per heavy atom. The normalized spacial score (nSPS) is 13.4. The minimum atomic E-state index is -3.39. The number of rotatable bonds is 6. The molecule has 3 rings (SSSR count). The zero-order valence-corrected chi connectivity index (χ0v) is 18.0. The summed E-state index contributed by atoms with van der Waals surface area (Å²) < 4.78 is 26.3. The maximum atomic E-state index is 13.0. The van der Waals surface area contributed by atoms with Crippen molar-refractivity contribution in [3.05, 3.63) is 50.2 Å². The Kier molecular flexibility index (Phi) is 5.75. The number of hydrogen-bond donors (Lipinski definition) is 2. The number of nitrogens with zero attached hydrogens (tertiary/aromatic N) is 3. The third-order valence-electron chi connectivity index (χ3n) is 5.17. The highest BCUT2D eigenvalue weighted by molar-refractivity contribution is 7.92. The maximum absolute atomic E-state index is 13.0. The van der Waals surface area contributed by atoms with Gasteiger partial charge in [0.05, 0.1) is 11.9 Å². The van der Waals surface area contributed by atoms with E-state index >= 15 is 0 Å². The predicted molar refractivity (Wildman–Crippen MR) is 116 cm³/mol. The van der Waals surface area contributed by atoms with Gasteiger partial charge >= 0.3 is 5.69 Å². The monoisotopic (exact) mass is 435 g/mol. The SMILES string of the molecule is CCCCn1c(N)c(N(C)C(=O)c2ccc3c(c2)CCN3S(C)(=O)=O)c(=O)[nH]c1=O. The molecule has 0 atom stereocenters. The van der Waals surface area contributed by atoms with E-state index in [2.05, 4.69) is 4.98 Å². The van der Waals surface area contributed by atoms with Gasteiger partial charge in [-0.2, -0.15) is 0 Å². The molecule has 3 N–H and O–H groups in total. The van der Waals surface area contributed by atoms with Crippen molar-refractivity contribution >= 4 is 33.1 Å². The minimum absolute atomic E-state index is 0.0718. The number of hydrogen-bond acceptors (Lipinski definition) is 6. The van der Waals surface area contributed by atoms with Crippen LogP contribution in [-0.4, -0.2) is 43.7 Å². The van der Waals surface area contributed by atoms with Gasteiger partial charge in [0.25, 0.3) is 11.5 Å². The van der Waals surface area contributed by atoms with Crippen molar-refractivity contribution in [1.29, 1.82) is 0 Å². The summed E-state index contributed by atoms with van der Waals surface area (Å²) in [6.45, 7) is 2.60. The fourth-order valence-electron chi connectivity index (χ4n) is 3.58. The highest BCUT2D eigenvalue weighted by atomic mass is 32.2. The molecule has 1 amide bonds. The van der Waals surface area contributed by atoms with Crippen LogP contribution in [-0.2, 0) is 23.0 Å². The number of sulfonamides is 1. The first kappa shape index (κ1) is 21.6. The molecular formula is C19H25N5O5S. The van der Waals surface area contributed by atoms with Gasteiger partial charge in [-0.15, -0.1) is 0 Å². The van der Waals surface area contributed by atoms with E-state index < -0.39 is 27.2 Å². The van der Waals surface area contributed by atoms with Crippen LogP contribution in [0.5, 0.6) is 0 Å². The molecule has 0 fully saturated rings. The molecule has 2 heterocycles. The van der Waals surface area contributed by atoms with Gasteiger partial charge in [-0.25, -0.2) is 13.2 Å². The number of nitrogens with two attached hydrogens (primary N) is 1. The number of unbranched alkanes of at least 4 members (excludes halogenated alkanes) is 1. The second kappa shape index (κ2) is 7.98. The average Bonchev–Trinajstić information content (AvgIpc) is 3.10. The molecule has 30 heavy (non-hydrogen) atoms. The molecule has 2 aromatic rings. The van der Waals surface area contributed by atoms with E-state index in [0.717, 1.165) is 23.1 Å². The van der Waals surface area contributed by atoms with Gasteiger partial charge in [-0.1, -0.05) is 13.3 Å². The molecule has 0 bridgehead atoms. The van der Waals surface area contributed by atoms with E-state index in [-0.39, 0.29) is 17.1 Å². The fraction of sp³-hybridized carbons (Fsp3) is 0.421. The van der Waals surface area contributed by atoms with E-state index in [9.17, 15) is 22.8 Å². The van der Waals surface area contributed by atoms with Crippen LogP contribution in [0.15, 0.2) is 27.8 Å². The molecular weight excluding hydrogens is 410 g/mol. The van der Waals surface area contributed by atoms with E-state index in [4.69, 9.17) is 5.73 Å². The third kappa shape index (κ3) is 3.84. The minimum Gasteiger partial charge on any atom is -0.383 e. The summed E-state index contributed by atoms with van der Waals surface area (Å²) in [5, 5.41) is 0. The largest absolute Gasteiger partial charge is 0.383 e. The van der Waals surface area contributed by atoms with E-state index in [1.165, 1.54) is 22.0 Å². The first-order valence-electron chi connectivity index (χ1n) is 9.57. The lowest BCUT2D eigenvalue weighted by molar-refractivity contribution is 0.0992. The summed E-state index contributed by atoms with van der Waals surface area (Å²) in [5.74, 6) is -0.564. The highest BCUT2D eigenvalue weighted by Crippen LogP contribution is 2.31. The van der Waals surface area contributed by atoms with E-state index in [1.54, 1.807) is 12.1 Å². The Morgan fingerprint density at radius 2 is 2.00 bits per heavy atom. The number of amides is 1. The van der Waals surface area contributed by atoms with Crippen molar-refractivity contribution in [2.24, 2.45) is 0 Å². The molecule has 162 valence electrons. The average molecular weight is 436 g/mol. The number of nitrogen functional groups attached to an aromatic ring is 1. The first-order chi connectivity index (χ1) is 14.1. The molecule has 0 radical (unpaired) electrons. The Balaban J connectivity index is 1.98. The van der Waals surface area contributed by atoms with Gasteiger partial charge in [-0.05, 0) is 36.6 Å². The standard InChI is InChI=1S/C19H25N5O5S/c1-4-5-9-23-16(20)15(17(25)21-19(23)27)22(2)18(26)13-6-7-14-12(11-13)8-10-24(14)30(3,28)29/h6-7,11H,4-5,8-10,20H2,1-3H3,(H,21,25,27). The molecule has 0 aliphatic carbocycles. The zero-order chi connectivity index (χ0) is 22.2. The third-order valence-corrected chi connectivity index (χ3v) is 6.35. The van der Waals surface area contributed by atoms with E-state index in [0.29, 0.717) is 31.6 Å². The van der Waals surface area contributed by atoms with Gasteiger partial charge < -0.3 is 10.6 Å². The number of aromatic amines is 1. The second-order valence-corrected chi connectivity index (χ2v) is 9.20. The van der Waals surface area contributed by atoms with Gasteiger partial charge in [0, 0.05) is 25.7 Å². The number of fused-ring (bicyclic) bond motifs is 1. The summed E-state index contributed by atoms with van der Waals surface area (Å²) in [6, 6.07) is 4.72. The number of H-pyrrole nitrogens is 1. The number of carbonyl (C=O) groups excluding carboxylic acids is 1. The molecule has 1 aliphatic heterocycles. The lowest BCUT2D eigenvalue weighted by Gasteiger charge is -2.21. The van der Waals surface area contributed by atoms with Gasteiger partial charge in [0.2, 0.25) is 10.0 Å². The van der Waals surface area contributed by atoms with Crippen molar-refractivity contribution in [2.45, 2.75) is 32.7 Å². The molecule has 0 unspecified atom stereocenters. The van der Waals surface area contributed by atoms with Gasteiger partial charge in [0.15, 0.2) is 5.69 Å². The molecule has 11 heteroatoms. The summed E-state index contributed by atoms with van der Waals surface area (Å²) in [5.41, 5.74) is 6.17.